The summed E-state index contributed by atoms with van der Waals surface area (Å²) in [6.07, 6.45) is 7.52. The second-order valence-electron chi connectivity index (χ2n) is 13.1. The molecule has 7 rings (SSSR count). The lowest BCUT2D eigenvalue weighted by Gasteiger charge is -2.46. The first-order valence-corrected chi connectivity index (χ1v) is 18.8. The predicted octanol–water partition coefficient (Wildman–Crippen LogP) is 2.86. The molecule has 0 radical (unpaired) electrons. The van der Waals surface area contributed by atoms with E-state index in [-0.39, 0.29) is 41.9 Å². The molecule has 0 saturated carbocycles. The zero-order valence-electron chi connectivity index (χ0n) is 26.2. The lowest BCUT2D eigenvalue weighted by molar-refractivity contribution is -0.148. The van der Waals surface area contributed by atoms with E-state index in [0.29, 0.717) is 48.4 Å². The molecule has 0 unspecified atom stereocenters. The van der Waals surface area contributed by atoms with Crippen molar-refractivity contribution in [1.29, 1.82) is 0 Å². The van der Waals surface area contributed by atoms with Gasteiger partial charge in [0.1, 0.15) is 24.2 Å². The number of likely N-dealkylation sites (tertiary alicyclic amines) is 1. The van der Waals surface area contributed by atoms with Crippen molar-refractivity contribution in [3.05, 3.63) is 52.8 Å². The molecule has 4 aliphatic rings. The summed E-state index contributed by atoms with van der Waals surface area (Å²) in [5, 5.41) is 3.65. The number of nitrogens with one attached hydrogen (secondary N) is 1. The van der Waals surface area contributed by atoms with E-state index < -0.39 is 19.7 Å². The van der Waals surface area contributed by atoms with E-state index in [4.69, 9.17) is 4.74 Å². The highest BCUT2D eigenvalue weighted by Gasteiger charge is 2.48. The monoisotopic (exact) mass is 682 g/mol. The zero-order chi connectivity index (χ0) is 32.9. The highest BCUT2D eigenvalue weighted by molar-refractivity contribution is 7.50. The van der Waals surface area contributed by atoms with Crippen LogP contribution in [0, 0.1) is 0 Å². The lowest BCUT2D eigenvalue weighted by atomic mass is 9.90. The summed E-state index contributed by atoms with van der Waals surface area (Å²) in [5.74, 6) is 0.409. The number of anilines is 1. The van der Waals surface area contributed by atoms with Gasteiger partial charge < -0.3 is 34.5 Å². The summed E-state index contributed by atoms with van der Waals surface area (Å²) in [6, 6.07) is 5.75. The molecule has 4 aliphatic heterocycles. The van der Waals surface area contributed by atoms with E-state index in [1.165, 1.54) is 11.3 Å². The van der Waals surface area contributed by atoms with Gasteiger partial charge in [-0.05, 0) is 67.7 Å². The number of carbonyl (C=O) groups is 3. The normalized spacial score (nSPS) is 24.9. The van der Waals surface area contributed by atoms with Gasteiger partial charge in [0.15, 0.2) is 0 Å². The van der Waals surface area contributed by atoms with Crippen LogP contribution in [0.1, 0.15) is 65.2 Å². The topological polar surface area (TPSA) is 166 Å². The van der Waals surface area contributed by atoms with E-state index in [9.17, 15) is 28.7 Å². The van der Waals surface area contributed by atoms with E-state index in [1.54, 1.807) is 42.6 Å². The second kappa shape index (κ2) is 12.9. The van der Waals surface area contributed by atoms with Crippen LogP contribution in [0.4, 0.5) is 5.82 Å². The summed E-state index contributed by atoms with van der Waals surface area (Å²) in [6.45, 7) is 2.65. The molecule has 4 atom stereocenters. The van der Waals surface area contributed by atoms with Crippen LogP contribution in [0.2, 0.25) is 0 Å². The average Bonchev–Trinajstić information content (AvgIpc) is 3.58. The largest absolute Gasteiger partial charge is 0.383 e. The van der Waals surface area contributed by atoms with Crippen molar-refractivity contribution in [3.8, 4) is 0 Å². The maximum Gasteiger partial charge on any atom is 0.329 e. The number of benzene rings is 1. The Hall–Kier alpha value is -3.42. The van der Waals surface area contributed by atoms with Crippen molar-refractivity contribution >= 4 is 52.6 Å². The number of thiophene rings is 1. The number of carbonyl (C=O) groups excluding carboxylic acids is 3. The first kappa shape index (κ1) is 32.1. The van der Waals surface area contributed by atoms with Gasteiger partial charge in [-0.3, -0.25) is 18.9 Å². The first-order chi connectivity index (χ1) is 22.6. The van der Waals surface area contributed by atoms with Crippen molar-refractivity contribution < 1.29 is 33.5 Å². The maximum atomic E-state index is 14.0. The number of amides is 3. The molecule has 0 spiro atoms. The van der Waals surface area contributed by atoms with Crippen LogP contribution in [-0.2, 0) is 25.1 Å². The van der Waals surface area contributed by atoms with Crippen LogP contribution in [0.15, 0.2) is 36.8 Å². The molecular formula is C32H39N6O7PS. The molecule has 15 heteroatoms. The predicted molar refractivity (Wildman–Crippen MR) is 175 cm³/mol. The Morgan fingerprint density at radius 1 is 1.13 bits per heavy atom. The Balaban J connectivity index is 1.01. The summed E-state index contributed by atoms with van der Waals surface area (Å²) in [5.41, 5.74) is 1.53. The van der Waals surface area contributed by atoms with Crippen LogP contribution >= 0.6 is 18.9 Å². The molecule has 47 heavy (non-hydrogen) atoms. The van der Waals surface area contributed by atoms with E-state index >= 15 is 0 Å². The number of rotatable bonds is 9. The van der Waals surface area contributed by atoms with Gasteiger partial charge in [-0.2, -0.15) is 0 Å². The molecule has 6 heterocycles. The van der Waals surface area contributed by atoms with Gasteiger partial charge in [0.25, 0.3) is 5.91 Å². The number of fused-ring (bicyclic) bond motifs is 2. The highest BCUT2D eigenvalue weighted by atomic mass is 32.1. The quantitative estimate of drug-likeness (QED) is 0.286. The van der Waals surface area contributed by atoms with E-state index in [2.05, 4.69) is 20.2 Å². The Labute approximate surface area is 276 Å². The van der Waals surface area contributed by atoms with Crippen LogP contribution in [-0.4, -0.2) is 105 Å². The molecular weight excluding hydrogens is 643 g/mol. The number of methoxy groups -OCH3 is 1. The van der Waals surface area contributed by atoms with Gasteiger partial charge in [0, 0.05) is 55.2 Å². The SMILES string of the molecule is COC[C@@H]1CCN1c1ncncc1C1CN(C(=O)[C@@H]2CC[C@@H]3CCC[C@H](NC(=O)c4cc5cc(CP(=O)(O)O)ccc5s4)C(=O)N32)C1. The van der Waals surface area contributed by atoms with Gasteiger partial charge in [0.05, 0.1) is 23.7 Å². The van der Waals surface area contributed by atoms with Crippen LogP contribution < -0.4 is 10.2 Å². The minimum absolute atomic E-state index is 0.0227. The maximum absolute atomic E-state index is 14.0. The molecule has 0 bridgehead atoms. The standard InChI is InChI=1S/C32H39N6O7PS/c1-45-16-23-9-10-37(23)29-24(13-33-18-34-29)21-14-36(15-21)32(41)26-7-6-22-3-2-4-25(31(40)38(22)26)35-30(39)28-12-20-11-19(17-46(42,43)44)5-8-27(20)47-28/h5,8,11-13,18,21-23,25-26H,2-4,6-7,9-10,14-17H2,1H3,(H,35,39)(H2,42,43,44)/t22-,23-,25-,26-/m0/s1. The van der Waals surface area contributed by atoms with Crippen molar-refractivity contribution in [2.24, 2.45) is 0 Å². The van der Waals surface area contributed by atoms with Gasteiger partial charge in [-0.25, -0.2) is 9.97 Å². The fourth-order valence-corrected chi connectivity index (χ4v) is 9.14. The summed E-state index contributed by atoms with van der Waals surface area (Å²) in [7, 11) is -2.52. The van der Waals surface area contributed by atoms with E-state index in [0.717, 1.165) is 48.3 Å². The molecule has 1 aromatic carbocycles. The minimum Gasteiger partial charge on any atom is -0.383 e. The number of nitrogens with zero attached hydrogens (tertiary/aromatic N) is 5. The summed E-state index contributed by atoms with van der Waals surface area (Å²) < 4.78 is 17.6. The third-order valence-corrected chi connectivity index (χ3v) is 11.9. The molecule has 3 amide bonds. The number of aromatic nitrogens is 2. The fraction of sp³-hybridized carbons (Fsp3) is 0.531. The number of hydrogen-bond donors (Lipinski definition) is 3. The Kier molecular flexibility index (Phi) is 8.81. The van der Waals surface area contributed by atoms with E-state index in [1.807, 2.05) is 11.1 Å². The second-order valence-corrected chi connectivity index (χ2v) is 15.8. The molecule has 2 aromatic heterocycles. The highest BCUT2D eigenvalue weighted by Crippen LogP contribution is 2.41. The van der Waals surface area contributed by atoms with Gasteiger partial charge >= 0.3 is 7.60 Å². The van der Waals surface area contributed by atoms with Crippen LogP contribution in [0.3, 0.4) is 0 Å². The molecule has 3 N–H and O–H groups in total. The molecule has 4 fully saturated rings. The van der Waals surface area contributed by atoms with Gasteiger partial charge in [0.2, 0.25) is 11.8 Å². The van der Waals surface area contributed by atoms with Crippen LogP contribution in [0.5, 0.6) is 0 Å². The van der Waals surface area contributed by atoms with Crippen LogP contribution in [0.25, 0.3) is 10.1 Å². The van der Waals surface area contributed by atoms with Crippen molar-refractivity contribution in [3.63, 3.8) is 0 Å². The smallest absolute Gasteiger partial charge is 0.329 e. The number of hydrogen-bond acceptors (Lipinski definition) is 9. The fourth-order valence-electron chi connectivity index (χ4n) is 7.52. The minimum atomic E-state index is -4.22. The van der Waals surface area contributed by atoms with Crippen molar-refractivity contribution in [2.45, 2.75) is 74.8 Å². The molecule has 3 aromatic rings. The molecule has 4 saturated heterocycles. The van der Waals surface area contributed by atoms with Gasteiger partial charge in [-0.1, -0.05) is 6.07 Å². The average molecular weight is 683 g/mol. The third kappa shape index (κ3) is 6.41. The third-order valence-electron chi connectivity index (χ3n) is 10.00. The Bertz CT molecular complexity index is 1740. The zero-order valence-corrected chi connectivity index (χ0v) is 27.9. The molecule has 0 aliphatic carbocycles. The molecule has 250 valence electrons. The Morgan fingerprint density at radius 2 is 1.96 bits per heavy atom. The summed E-state index contributed by atoms with van der Waals surface area (Å²) >= 11 is 1.27. The number of ether oxygens (including phenoxy) is 1. The van der Waals surface area contributed by atoms with Gasteiger partial charge in [-0.15, -0.1) is 11.3 Å². The van der Waals surface area contributed by atoms with Crippen molar-refractivity contribution in [1.82, 2.24) is 25.1 Å². The lowest BCUT2D eigenvalue weighted by Crippen LogP contribution is -2.59. The molecule has 13 nitrogen and oxygen atoms in total. The first-order valence-electron chi connectivity index (χ1n) is 16.1. The summed E-state index contributed by atoms with van der Waals surface area (Å²) in [4.78, 5) is 74.9. The Morgan fingerprint density at radius 3 is 2.70 bits per heavy atom. The van der Waals surface area contributed by atoms with Crippen molar-refractivity contribution in [2.75, 3.05) is 38.3 Å².